The van der Waals surface area contributed by atoms with Crippen LogP contribution in [0.1, 0.15) is 25.7 Å². The zero-order valence-corrected chi connectivity index (χ0v) is 18.9. The van der Waals surface area contributed by atoms with Crippen molar-refractivity contribution in [1.82, 2.24) is 4.90 Å². The molecule has 1 unspecified atom stereocenters. The molecule has 1 atom stereocenters. The lowest BCUT2D eigenvalue weighted by Gasteiger charge is -2.34. The Morgan fingerprint density at radius 1 is 1.12 bits per heavy atom. The molecule has 1 aliphatic heterocycles. The van der Waals surface area contributed by atoms with Gasteiger partial charge in [-0.1, -0.05) is 35.9 Å². The molecule has 0 aromatic heterocycles. The van der Waals surface area contributed by atoms with Gasteiger partial charge in [0.15, 0.2) is 0 Å². The summed E-state index contributed by atoms with van der Waals surface area (Å²) in [5, 5.41) is 2.79. The third-order valence-electron chi connectivity index (χ3n) is 5.29. The summed E-state index contributed by atoms with van der Waals surface area (Å²) in [7, 11) is 1.18. The van der Waals surface area contributed by atoms with Crippen LogP contribution in [0, 0.1) is 0 Å². The first-order valence-electron chi connectivity index (χ1n) is 10.4. The predicted octanol–water partition coefficient (Wildman–Crippen LogP) is 4.79. The first kappa shape index (κ1) is 25.4. The number of hydrogen-bond donors (Lipinski definition) is 1. The number of nitrogens with one attached hydrogen (secondary N) is 1. The highest BCUT2D eigenvalue weighted by Crippen LogP contribution is 2.38. The van der Waals surface area contributed by atoms with Gasteiger partial charge < -0.3 is 19.7 Å². The molecule has 0 spiro atoms. The predicted molar refractivity (Wildman–Crippen MR) is 118 cm³/mol. The molecule has 11 heteroatoms. The van der Waals surface area contributed by atoms with Gasteiger partial charge in [-0.15, -0.1) is 13.2 Å². The van der Waals surface area contributed by atoms with E-state index in [2.05, 4.69) is 14.8 Å². The molecule has 34 heavy (non-hydrogen) atoms. The van der Waals surface area contributed by atoms with Crippen LogP contribution in [-0.4, -0.2) is 48.7 Å². The monoisotopic (exact) mass is 498 g/mol. The number of esters is 1. The van der Waals surface area contributed by atoms with Crippen molar-refractivity contribution in [2.75, 3.05) is 19.0 Å². The molecule has 1 saturated heterocycles. The first-order chi connectivity index (χ1) is 16.1. The molecule has 2 aromatic carbocycles. The molecule has 1 N–H and O–H groups in total. The summed E-state index contributed by atoms with van der Waals surface area (Å²) in [4.78, 5) is 38.2. The highest BCUT2D eigenvalue weighted by atomic mass is 35.5. The van der Waals surface area contributed by atoms with E-state index in [1.54, 1.807) is 6.07 Å². The highest BCUT2D eigenvalue weighted by molar-refractivity contribution is 6.33. The maximum absolute atomic E-state index is 12.9. The molecule has 0 radical (unpaired) electrons. The number of halogens is 4. The molecular formula is C23H22ClF3N2O5. The number of nitrogens with zero attached hydrogens (tertiary/aromatic N) is 1. The average Bonchev–Trinajstić information content (AvgIpc) is 2.78. The highest BCUT2D eigenvalue weighted by Gasteiger charge is 2.34. The van der Waals surface area contributed by atoms with Gasteiger partial charge >= 0.3 is 12.3 Å². The maximum Gasteiger partial charge on any atom is 0.573 e. The van der Waals surface area contributed by atoms with Gasteiger partial charge in [-0.25, -0.2) is 0 Å². The van der Waals surface area contributed by atoms with Gasteiger partial charge in [0, 0.05) is 23.4 Å². The van der Waals surface area contributed by atoms with Gasteiger partial charge in [0.25, 0.3) is 0 Å². The van der Waals surface area contributed by atoms with Crippen molar-refractivity contribution in [3.63, 3.8) is 0 Å². The molecule has 3 rings (SSSR count). The van der Waals surface area contributed by atoms with Crippen LogP contribution >= 0.6 is 11.6 Å². The molecule has 1 fully saturated rings. The second kappa shape index (κ2) is 10.8. The fourth-order valence-corrected chi connectivity index (χ4v) is 4.02. The van der Waals surface area contributed by atoms with Crippen LogP contribution in [-0.2, 0) is 19.1 Å². The van der Waals surface area contributed by atoms with Gasteiger partial charge in [0.1, 0.15) is 18.2 Å². The van der Waals surface area contributed by atoms with Crippen LogP contribution in [0.5, 0.6) is 5.75 Å². The van der Waals surface area contributed by atoms with Crippen LogP contribution in [0.25, 0.3) is 11.1 Å². The van der Waals surface area contributed by atoms with E-state index >= 15 is 0 Å². The van der Waals surface area contributed by atoms with E-state index in [0.29, 0.717) is 25.1 Å². The van der Waals surface area contributed by atoms with Crippen molar-refractivity contribution in [3.8, 4) is 16.9 Å². The molecule has 1 heterocycles. The van der Waals surface area contributed by atoms with Gasteiger partial charge in [0.2, 0.25) is 11.8 Å². The number of hydrogen-bond acceptors (Lipinski definition) is 5. The smallest absolute Gasteiger partial charge is 0.469 e. The summed E-state index contributed by atoms with van der Waals surface area (Å²) < 4.78 is 46.8. The maximum atomic E-state index is 12.9. The van der Waals surface area contributed by atoms with E-state index in [4.69, 9.17) is 11.6 Å². The molecule has 0 saturated carbocycles. The first-order valence-corrected chi connectivity index (χ1v) is 10.8. The summed E-state index contributed by atoms with van der Waals surface area (Å²) in [6, 6.07) is 9.17. The van der Waals surface area contributed by atoms with Gasteiger partial charge in [0.05, 0.1) is 12.1 Å². The van der Waals surface area contributed by atoms with Crippen LogP contribution in [0.3, 0.4) is 0 Å². The number of rotatable bonds is 6. The van der Waals surface area contributed by atoms with Gasteiger partial charge in [-0.05, 0) is 37.5 Å². The largest absolute Gasteiger partial charge is 0.573 e. The Bertz CT molecular complexity index is 1080. The van der Waals surface area contributed by atoms with Crippen molar-refractivity contribution in [2.24, 2.45) is 0 Å². The Morgan fingerprint density at radius 2 is 1.85 bits per heavy atom. The van der Waals surface area contributed by atoms with Crippen LogP contribution in [0.4, 0.5) is 18.9 Å². The molecular weight excluding hydrogens is 477 g/mol. The van der Waals surface area contributed by atoms with E-state index < -0.39 is 42.4 Å². The topological polar surface area (TPSA) is 84.9 Å². The van der Waals surface area contributed by atoms with E-state index in [9.17, 15) is 27.6 Å². The van der Waals surface area contributed by atoms with Crippen molar-refractivity contribution >= 4 is 35.1 Å². The van der Waals surface area contributed by atoms with Gasteiger partial charge in [-0.2, -0.15) is 0 Å². The Labute approximate surface area is 198 Å². The molecule has 2 aromatic rings. The van der Waals surface area contributed by atoms with Crippen molar-refractivity contribution in [3.05, 3.63) is 47.5 Å². The average molecular weight is 499 g/mol. The Balaban J connectivity index is 1.77. The molecule has 1 aliphatic rings. The minimum atomic E-state index is -4.87. The molecule has 0 bridgehead atoms. The number of piperidine rings is 1. The van der Waals surface area contributed by atoms with E-state index in [1.807, 2.05) is 0 Å². The number of carbonyl (C=O) groups excluding carboxylic acids is 3. The zero-order chi connectivity index (χ0) is 24.9. The van der Waals surface area contributed by atoms with Crippen molar-refractivity contribution in [2.45, 2.75) is 38.1 Å². The number of likely N-dealkylation sites (tertiary alicyclic amines) is 1. The molecule has 2 amide bonds. The number of anilines is 1. The summed E-state index contributed by atoms with van der Waals surface area (Å²) in [6.07, 6.45) is -3.47. The van der Waals surface area contributed by atoms with Crippen LogP contribution in [0.15, 0.2) is 42.5 Å². The van der Waals surface area contributed by atoms with Gasteiger partial charge in [-0.3, -0.25) is 14.4 Å². The van der Waals surface area contributed by atoms with Crippen molar-refractivity contribution in [1.29, 1.82) is 0 Å². The lowest BCUT2D eigenvalue weighted by Crippen LogP contribution is -2.50. The minimum Gasteiger partial charge on any atom is -0.469 e. The standard InChI is InChI=1S/C23H22ClF3N2O5/c1-33-21(31)13-20(30)29-11-5-4-7-18(29)22(32)28-14-9-10-15(17(24)12-14)16-6-2-3-8-19(16)34-23(25,26)27/h2-3,6,8-10,12,18H,4-5,7,11,13H2,1H3,(H,28,32). The second-order valence-electron chi connectivity index (χ2n) is 7.58. The quantitative estimate of drug-likeness (QED) is 0.457. The summed E-state index contributed by atoms with van der Waals surface area (Å²) in [5.41, 5.74) is 0.723. The number of benzene rings is 2. The zero-order valence-electron chi connectivity index (χ0n) is 18.2. The summed E-state index contributed by atoms with van der Waals surface area (Å²) in [6.45, 7) is 0.337. The normalized spacial score (nSPS) is 16.0. The lowest BCUT2D eigenvalue weighted by atomic mass is 10.0. The molecule has 182 valence electrons. The number of carbonyl (C=O) groups is 3. The lowest BCUT2D eigenvalue weighted by molar-refractivity contribution is -0.274. The molecule has 0 aliphatic carbocycles. The number of methoxy groups -OCH3 is 1. The third-order valence-corrected chi connectivity index (χ3v) is 5.60. The fourth-order valence-electron chi connectivity index (χ4n) is 3.74. The number of para-hydroxylation sites is 1. The minimum absolute atomic E-state index is 0.0956. The number of amides is 2. The SMILES string of the molecule is COC(=O)CC(=O)N1CCCCC1C(=O)Nc1ccc(-c2ccccc2OC(F)(F)F)c(Cl)c1. The van der Waals surface area contributed by atoms with E-state index in [1.165, 1.54) is 48.4 Å². The Hall–Kier alpha value is -3.27. The number of ether oxygens (including phenoxy) is 2. The van der Waals surface area contributed by atoms with Crippen LogP contribution in [0.2, 0.25) is 5.02 Å². The Morgan fingerprint density at radius 3 is 2.53 bits per heavy atom. The summed E-state index contributed by atoms with van der Waals surface area (Å²) in [5.74, 6) is -2.05. The summed E-state index contributed by atoms with van der Waals surface area (Å²) >= 11 is 6.32. The molecule has 7 nitrogen and oxygen atoms in total. The van der Waals surface area contributed by atoms with Crippen LogP contribution < -0.4 is 10.1 Å². The number of alkyl halides is 3. The van der Waals surface area contributed by atoms with E-state index in [-0.39, 0.29) is 16.1 Å². The third kappa shape index (κ3) is 6.40. The second-order valence-corrected chi connectivity index (χ2v) is 7.99. The van der Waals surface area contributed by atoms with Crippen molar-refractivity contribution < 1.29 is 37.0 Å². The fraction of sp³-hybridized carbons (Fsp3) is 0.348. The van der Waals surface area contributed by atoms with E-state index in [0.717, 1.165) is 6.42 Å². The Kier molecular flexibility index (Phi) is 8.03.